The van der Waals surface area contributed by atoms with Crippen molar-refractivity contribution in [2.45, 2.75) is 26.8 Å². The van der Waals surface area contributed by atoms with E-state index in [1.54, 1.807) is 0 Å². The molecule has 90 valence electrons. The lowest BCUT2D eigenvalue weighted by atomic mass is 10.3. The van der Waals surface area contributed by atoms with Crippen molar-refractivity contribution >= 4 is 15.9 Å². The Hall–Kier alpha value is -1.29. The standard InChI is InChI=1S/C13H15BrN2O/c1-9(2)16-10(3)8-15-13(16)17-12-6-4-11(14)5-7-12/h4-9H,1-3H3. The Morgan fingerprint density at radius 3 is 2.47 bits per heavy atom. The first-order valence-corrected chi connectivity index (χ1v) is 6.34. The van der Waals surface area contributed by atoms with Crippen LogP contribution in [0.25, 0.3) is 0 Å². The number of rotatable bonds is 3. The monoisotopic (exact) mass is 294 g/mol. The molecule has 0 spiro atoms. The lowest BCUT2D eigenvalue weighted by Crippen LogP contribution is -2.05. The third-order valence-corrected chi connectivity index (χ3v) is 3.02. The highest BCUT2D eigenvalue weighted by atomic mass is 79.9. The lowest BCUT2D eigenvalue weighted by molar-refractivity contribution is 0.392. The molecule has 0 bridgehead atoms. The summed E-state index contributed by atoms with van der Waals surface area (Å²) in [5.41, 5.74) is 1.10. The highest BCUT2D eigenvalue weighted by Gasteiger charge is 2.11. The van der Waals surface area contributed by atoms with E-state index in [4.69, 9.17) is 4.74 Å². The van der Waals surface area contributed by atoms with E-state index in [-0.39, 0.29) is 0 Å². The highest BCUT2D eigenvalue weighted by Crippen LogP contribution is 2.25. The summed E-state index contributed by atoms with van der Waals surface area (Å²) >= 11 is 3.40. The molecular weight excluding hydrogens is 280 g/mol. The molecule has 0 N–H and O–H groups in total. The van der Waals surface area contributed by atoms with Gasteiger partial charge in [-0.3, -0.25) is 4.57 Å². The first kappa shape index (κ1) is 12.2. The third-order valence-electron chi connectivity index (χ3n) is 2.49. The van der Waals surface area contributed by atoms with E-state index in [9.17, 15) is 0 Å². The molecule has 1 aromatic heterocycles. The molecule has 0 saturated carbocycles. The molecule has 2 aromatic rings. The van der Waals surface area contributed by atoms with Crippen LogP contribution in [0.4, 0.5) is 0 Å². The van der Waals surface area contributed by atoms with Crippen molar-refractivity contribution in [2.24, 2.45) is 0 Å². The van der Waals surface area contributed by atoms with E-state index in [1.807, 2.05) is 37.4 Å². The summed E-state index contributed by atoms with van der Waals surface area (Å²) in [6.45, 7) is 6.26. The van der Waals surface area contributed by atoms with Gasteiger partial charge in [0.25, 0.3) is 0 Å². The van der Waals surface area contributed by atoms with Gasteiger partial charge >= 0.3 is 6.01 Å². The van der Waals surface area contributed by atoms with Gasteiger partial charge in [-0.2, -0.15) is 0 Å². The Kier molecular flexibility index (Phi) is 3.52. The summed E-state index contributed by atoms with van der Waals surface area (Å²) in [5, 5.41) is 0. The summed E-state index contributed by atoms with van der Waals surface area (Å²) in [4.78, 5) is 4.28. The number of aromatic nitrogens is 2. The largest absolute Gasteiger partial charge is 0.426 e. The number of hydrogen-bond acceptors (Lipinski definition) is 2. The maximum atomic E-state index is 5.78. The SMILES string of the molecule is Cc1cnc(Oc2ccc(Br)cc2)n1C(C)C. The predicted molar refractivity (Wildman–Crippen MR) is 71.6 cm³/mol. The summed E-state index contributed by atoms with van der Waals surface area (Å²) in [7, 11) is 0. The lowest BCUT2D eigenvalue weighted by Gasteiger charge is -2.13. The smallest absolute Gasteiger partial charge is 0.302 e. The van der Waals surface area contributed by atoms with Crippen LogP contribution in [0.5, 0.6) is 11.8 Å². The Morgan fingerprint density at radius 2 is 1.88 bits per heavy atom. The second kappa shape index (κ2) is 4.92. The number of halogens is 1. The number of hydrogen-bond donors (Lipinski definition) is 0. The predicted octanol–water partition coefficient (Wildman–Crippen LogP) is 4.33. The van der Waals surface area contributed by atoms with Gasteiger partial charge in [0.15, 0.2) is 0 Å². The zero-order chi connectivity index (χ0) is 12.4. The van der Waals surface area contributed by atoms with Crippen LogP contribution in [0.15, 0.2) is 34.9 Å². The van der Waals surface area contributed by atoms with Crippen molar-refractivity contribution in [1.82, 2.24) is 9.55 Å². The second-order valence-electron chi connectivity index (χ2n) is 4.20. The van der Waals surface area contributed by atoms with E-state index in [0.29, 0.717) is 12.1 Å². The van der Waals surface area contributed by atoms with Gasteiger partial charge in [0, 0.05) is 16.2 Å². The molecule has 0 aliphatic rings. The van der Waals surface area contributed by atoms with E-state index < -0.39 is 0 Å². The summed E-state index contributed by atoms with van der Waals surface area (Å²) in [6, 6.07) is 8.70. The molecule has 1 aromatic carbocycles. The molecule has 4 heteroatoms. The molecule has 2 rings (SSSR count). The minimum absolute atomic E-state index is 0.336. The minimum Gasteiger partial charge on any atom is -0.426 e. The van der Waals surface area contributed by atoms with E-state index in [2.05, 4.69) is 39.3 Å². The van der Waals surface area contributed by atoms with Gasteiger partial charge in [0.05, 0.1) is 6.20 Å². The Bertz CT molecular complexity index is 503. The van der Waals surface area contributed by atoms with Crippen molar-refractivity contribution < 1.29 is 4.74 Å². The van der Waals surface area contributed by atoms with Gasteiger partial charge in [-0.25, -0.2) is 4.98 Å². The van der Waals surface area contributed by atoms with Crippen LogP contribution < -0.4 is 4.74 Å². The zero-order valence-electron chi connectivity index (χ0n) is 10.1. The molecule has 17 heavy (non-hydrogen) atoms. The Labute approximate surface area is 110 Å². The summed E-state index contributed by atoms with van der Waals surface area (Å²) in [6.07, 6.45) is 1.83. The van der Waals surface area contributed by atoms with Crippen LogP contribution in [-0.4, -0.2) is 9.55 Å². The topological polar surface area (TPSA) is 27.1 Å². The number of ether oxygens (including phenoxy) is 1. The maximum absolute atomic E-state index is 5.78. The molecule has 1 heterocycles. The zero-order valence-corrected chi connectivity index (χ0v) is 11.7. The average Bonchev–Trinajstić information content (AvgIpc) is 2.63. The van der Waals surface area contributed by atoms with E-state index in [1.165, 1.54) is 0 Å². The van der Waals surface area contributed by atoms with Crippen molar-refractivity contribution in [2.75, 3.05) is 0 Å². The van der Waals surface area contributed by atoms with E-state index >= 15 is 0 Å². The minimum atomic E-state index is 0.336. The van der Waals surface area contributed by atoms with Gasteiger partial charge in [0.1, 0.15) is 5.75 Å². The van der Waals surface area contributed by atoms with Crippen molar-refractivity contribution in [1.29, 1.82) is 0 Å². The van der Waals surface area contributed by atoms with Crippen LogP contribution in [0, 0.1) is 6.92 Å². The third kappa shape index (κ3) is 2.69. The molecular formula is C13H15BrN2O. The quantitative estimate of drug-likeness (QED) is 0.842. The average molecular weight is 295 g/mol. The van der Waals surface area contributed by atoms with Gasteiger partial charge in [-0.05, 0) is 45.0 Å². The second-order valence-corrected chi connectivity index (χ2v) is 5.12. The summed E-state index contributed by atoms with van der Waals surface area (Å²) < 4.78 is 8.88. The Balaban J connectivity index is 2.27. The van der Waals surface area contributed by atoms with Crippen LogP contribution in [-0.2, 0) is 0 Å². The van der Waals surface area contributed by atoms with Crippen LogP contribution in [0.1, 0.15) is 25.6 Å². The summed E-state index contributed by atoms with van der Waals surface area (Å²) in [5.74, 6) is 0.792. The molecule has 0 radical (unpaired) electrons. The van der Waals surface area contributed by atoms with Gasteiger partial charge in [-0.15, -0.1) is 0 Å². The normalized spacial score (nSPS) is 10.9. The van der Waals surface area contributed by atoms with Crippen LogP contribution in [0.2, 0.25) is 0 Å². The van der Waals surface area contributed by atoms with Crippen molar-refractivity contribution in [3.05, 3.63) is 40.6 Å². The fourth-order valence-corrected chi connectivity index (χ4v) is 2.00. The number of aryl methyl sites for hydroxylation is 1. The molecule has 0 saturated heterocycles. The van der Waals surface area contributed by atoms with Gasteiger partial charge in [-0.1, -0.05) is 15.9 Å². The molecule has 0 fully saturated rings. The van der Waals surface area contributed by atoms with Crippen molar-refractivity contribution in [3.63, 3.8) is 0 Å². The Morgan fingerprint density at radius 1 is 1.24 bits per heavy atom. The number of imidazole rings is 1. The maximum Gasteiger partial charge on any atom is 0.302 e. The highest BCUT2D eigenvalue weighted by molar-refractivity contribution is 9.10. The first-order valence-electron chi connectivity index (χ1n) is 5.55. The number of nitrogens with zero attached hydrogens (tertiary/aromatic N) is 2. The van der Waals surface area contributed by atoms with E-state index in [0.717, 1.165) is 15.9 Å². The number of benzene rings is 1. The molecule has 0 amide bonds. The fraction of sp³-hybridized carbons (Fsp3) is 0.308. The molecule has 0 aliphatic carbocycles. The van der Waals surface area contributed by atoms with Gasteiger partial charge in [0.2, 0.25) is 0 Å². The van der Waals surface area contributed by atoms with Crippen molar-refractivity contribution in [3.8, 4) is 11.8 Å². The molecule has 0 atom stereocenters. The van der Waals surface area contributed by atoms with Gasteiger partial charge < -0.3 is 4.74 Å². The molecule has 0 unspecified atom stereocenters. The first-order chi connectivity index (χ1) is 8.08. The fourth-order valence-electron chi connectivity index (χ4n) is 1.74. The van der Waals surface area contributed by atoms with Crippen LogP contribution in [0.3, 0.4) is 0 Å². The molecule has 0 aliphatic heterocycles. The molecule has 3 nitrogen and oxygen atoms in total. The van der Waals surface area contributed by atoms with Crippen LogP contribution >= 0.6 is 15.9 Å².